The van der Waals surface area contributed by atoms with Crippen molar-refractivity contribution in [2.45, 2.75) is 33.4 Å². The van der Waals surface area contributed by atoms with Gasteiger partial charge < -0.3 is 0 Å². The zero-order valence-corrected chi connectivity index (χ0v) is 16.9. The Kier molecular flexibility index (Phi) is 4.70. The van der Waals surface area contributed by atoms with Gasteiger partial charge in [-0.25, -0.2) is 9.80 Å². The van der Waals surface area contributed by atoms with E-state index >= 15 is 0 Å². The van der Waals surface area contributed by atoms with Crippen LogP contribution in [0.2, 0.25) is 0 Å². The van der Waals surface area contributed by atoms with Gasteiger partial charge in [-0.15, -0.1) is 0 Å². The lowest BCUT2D eigenvalue weighted by Gasteiger charge is -2.24. The summed E-state index contributed by atoms with van der Waals surface area (Å²) in [5.74, 6) is 0.585. The lowest BCUT2D eigenvalue weighted by Crippen LogP contribution is -2.40. The molecule has 0 amide bonds. The molecule has 0 radical (unpaired) electrons. The molecule has 0 bridgehead atoms. The number of aryl methyl sites for hydroxylation is 1. The number of nitrogens with zero attached hydrogens (tertiary/aromatic N) is 6. The average molecular weight is 392 g/mol. The number of hydrogen-bond acceptors (Lipinski definition) is 5. The van der Waals surface area contributed by atoms with Crippen LogP contribution in [0, 0.1) is 0 Å². The molecule has 4 rings (SSSR count). The summed E-state index contributed by atoms with van der Waals surface area (Å²) in [7, 11) is 1.64. The number of aromatic nitrogens is 4. The molecule has 0 saturated heterocycles. The maximum atomic E-state index is 13.2. The van der Waals surface area contributed by atoms with Crippen molar-refractivity contribution in [2.24, 2.45) is 12.1 Å². The maximum absolute atomic E-state index is 13.2. The number of allylic oxidation sites excluding steroid dienone is 1. The second-order valence-corrected chi connectivity index (χ2v) is 7.55. The largest absolute Gasteiger partial charge is 0.332 e. The average Bonchev–Trinajstić information content (AvgIpc) is 3.08. The van der Waals surface area contributed by atoms with E-state index in [0.29, 0.717) is 30.2 Å². The van der Waals surface area contributed by atoms with E-state index < -0.39 is 5.69 Å². The third-order valence-electron chi connectivity index (χ3n) is 5.00. The predicted octanol–water partition coefficient (Wildman–Crippen LogP) is 1.91. The van der Waals surface area contributed by atoms with E-state index in [9.17, 15) is 9.59 Å². The SMILES string of the molecule is C=C(C)Cn1c(=O)c2c(nc3n2CC(C)=NN3CCc2ccccc2)n(C)c1=O. The first kappa shape index (κ1) is 18.9. The monoisotopic (exact) mass is 392 g/mol. The zero-order valence-electron chi connectivity index (χ0n) is 16.9. The highest BCUT2D eigenvalue weighted by Gasteiger charge is 2.26. The van der Waals surface area contributed by atoms with E-state index in [-0.39, 0.29) is 12.1 Å². The Labute approximate surface area is 168 Å². The van der Waals surface area contributed by atoms with Gasteiger partial charge in [-0.05, 0) is 25.8 Å². The molecule has 1 aliphatic heterocycles. The van der Waals surface area contributed by atoms with E-state index in [1.807, 2.05) is 34.7 Å². The highest BCUT2D eigenvalue weighted by Crippen LogP contribution is 2.24. The Morgan fingerprint density at radius 1 is 1.21 bits per heavy atom. The second-order valence-electron chi connectivity index (χ2n) is 7.55. The first-order valence-electron chi connectivity index (χ1n) is 9.57. The summed E-state index contributed by atoms with van der Waals surface area (Å²) in [5.41, 5.74) is 2.88. The van der Waals surface area contributed by atoms with Crippen molar-refractivity contribution in [1.82, 2.24) is 18.7 Å². The van der Waals surface area contributed by atoms with Crippen LogP contribution in [0.25, 0.3) is 11.2 Å². The fourth-order valence-electron chi connectivity index (χ4n) is 3.66. The van der Waals surface area contributed by atoms with E-state index in [0.717, 1.165) is 17.7 Å². The molecular formula is C21H24N6O2. The van der Waals surface area contributed by atoms with Crippen molar-refractivity contribution in [3.05, 3.63) is 68.9 Å². The second kappa shape index (κ2) is 7.20. The number of hydrazone groups is 1. The van der Waals surface area contributed by atoms with Gasteiger partial charge in [0.05, 0.1) is 18.8 Å². The molecule has 0 saturated carbocycles. The van der Waals surface area contributed by atoms with Gasteiger partial charge in [-0.3, -0.25) is 18.5 Å². The number of fused-ring (bicyclic) bond motifs is 3. The van der Waals surface area contributed by atoms with Gasteiger partial charge in [0.1, 0.15) is 0 Å². The first-order valence-corrected chi connectivity index (χ1v) is 9.57. The third kappa shape index (κ3) is 3.30. The van der Waals surface area contributed by atoms with Crippen LogP contribution in [0.3, 0.4) is 0 Å². The first-order chi connectivity index (χ1) is 13.9. The summed E-state index contributed by atoms with van der Waals surface area (Å²) in [6, 6.07) is 10.2. The highest BCUT2D eigenvalue weighted by molar-refractivity contribution is 5.87. The predicted molar refractivity (Wildman–Crippen MR) is 115 cm³/mol. The summed E-state index contributed by atoms with van der Waals surface area (Å²) in [4.78, 5) is 30.5. The molecule has 0 spiro atoms. The van der Waals surface area contributed by atoms with Crippen LogP contribution in [0.4, 0.5) is 5.95 Å². The van der Waals surface area contributed by atoms with Crippen molar-refractivity contribution in [3.8, 4) is 0 Å². The molecule has 3 heterocycles. The fourth-order valence-corrected chi connectivity index (χ4v) is 3.66. The molecule has 150 valence electrons. The normalized spacial score (nSPS) is 13.5. The van der Waals surface area contributed by atoms with E-state index in [4.69, 9.17) is 0 Å². The van der Waals surface area contributed by atoms with Crippen molar-refractivity contribution in [1.29, 1.82) is 0 Å². The highest BCUT2D eigenvalue weighted by atomic mass is 16.2. The molecule has 0 unspecified atom stereocenters. The smallest absolute Gasteiger partial charge is 0.297 e. The molecule has 1 aromatic carbocycles. The Morgan fingerprint density at radius 2 is 1.93 bits per heavy atom. The van der Waals surface area contributed by atoms with E-state index in [1.54, 1.807) is 14.0 Å². The number of imidazole rings is 1. The standard InChI is InChI=1S/C21H24N6O2/c1-14(2)12-26-19(28)17-18(24(4)21(26)29)22-20-25(17)13-15(3)23-27(20)11-10-16-8-6-5-7-9-16/h5-9H,1,10-13H2,2-4H3. The lowest BCUT2D eigenvalue weighted by molar-refractivity contribution is 0.647. The number of hydrogen-bond donors (Lipinski definition) is 0. The summed E-state index contributed by atoms with van der Waals surface area (Å²) in [6.45, 7) is 8.84. The van der Waals surface area contributed by atoms with E-state index in [1.165, 1.54) is 14.7 Å². The van der Waals surface area contributed by atoms with Crippen molar-refractivity contribution >= 4 is 22.8 Å². The van der Waals surface area contributed by atoms with Gasteiger partial charge in [0.2, 0.25) is 5.95 Å². The number of anilines is 1. The molecule has 1 aliphatic rings. The van der Waals surface area contributed by atoms with Gasteiger partial charge in [0, 0.05) is 13.6 Å². The fraction of sp³-hybridized carbons (Fsp3) is 0.333. The number of benzene rings is 1. The van der Waals surface area contributed by atoms with Gasteiger partial charge in [-0.2, -0.15) is 10.1 Å². The van der Waals surface area contributed by atoms with Gasteiger partial charge in [0.25, 0.3) is 5.56 Å². The Bertz CT molecular complexity index is 1250. The van der Waals surface area contributed by atoms with Crippen molar-refractivity contribution in [3.63, 3.8) is 0 Å². The maximum Gasteiger partial charge on any atom is 0.332 e. The Morgan fingerprint density at radius 3 is 2.62 bits per heavy atom. The minimum absolute atomic E-state index is 0.187. The molecule has 0 fully saturated rings. The van der Waals surface area contributed by atoms with E-state index in [2.05, 4.69) is 28.8 Å². The van der Waals surface area contributed by atoms with Crippen LogP contribution in [0.1, 0.15) is 19.4 Å². The van der Waals surface area contributed by atoms with Crippen molar-refractivity contribution < 1.29 is 0 Å². The van der Waals surface area contributed by atoms with Crippen molar-refractivity contribution in [2.75, 3.05) is 11.6 Å². The summed E-state index contributed by atoms with van der Waals surface area (Å²) >= 11 is 0. The van der Waals surface area contributed by atoms with Crippen LogP contribution in [-0.2, 0) is 26.6 Å². The zero-order chi connectivity index (χ0) is 20.7. The quantitative estimate of drug-likeness (QED) is 0.622. The minimum atomic E-state index is -0.394. The van der Waals surface area contributed by atoms with Crippen LogP contribution >= 0.6 is 0 Å². The Balaban J connectivity index is 1.83. The molecular weight excluding hydrogens is 368 g/mol. The summed E-state index contributed by atoms with van der Waals surface area (Å²) in [5, 5.41) is 6.46. The van der Waals surface area contributed by atoms with Crippen LogP contribution in [0.15, 0.2) is 57.2 Å². The topological polar surface area (TPSA) is 77.4 Å². The number of rotatable bonds is 5. The van der Waals surface area contributed by atoms with Crippen LogP contribution in [-0.4, -0.2) is 30.9 Å². The molecule has 0 atom stereocenters. The van der Waals surface area contributed by atoms with Gasteiger partial charge in [0.15, 0.2) is 11.2 Å². The van der Waals surface area contributed by atoms with Crippen LogP contribution in [0.5, 0.6) is 0 Å². The van der Waals surface area contributed by atoms with Gasteiger partial charge in [-0.1, -0.05) is 42.5 Å². The summed E-state index contributed by atoms with van der Waals surface area (Å²) in [6.07, 6.45) is 0.791. The molecule has 0 aliphatic carbocycles. The Hall–Kier alpha value is -3.42. The van der Waals surface area contributed by atoms with Crippen LogP contribution < -0.4 is 16.3 Å². The van der Waals surface area contributed by atoms with Gasteiger partial charge >= 0.3 is 5.69 Å². The lowest BCUT2D eigenvalue weighted by atomic mass is 10.1. The summed E-state index contributed by atoms with van der Waals surface area (Å²) < 4.78 is 4.50. The molecule has 3 aromatic rings. The third-order valence-corrected chi connectivity index (χ3v) is 5.00. The molecule has 8 heteroatoms. The molecule has 29 heavy (non-hydrogen) atoms. The molecule has 8 nitrogen and oxygen atoms in total. The molecule has 0 N–H and O–H groups in total. The molecule has 2 aromatic heterocycles. The minimum Gasteiger partial charge on any atom is -0.297 e.